The van der Waals surface area contributed by atoms with Crippen LogP contribution in [-0.2, 0) is 0 Å². The van der Waals surface area contributed by atoms with Gasteiger partial charge in [-0.25, -0.2) is 4.39 Å². The van der Waals surface area contributed by atoms with Crippen molar-refractivity contribution in [1.29, 1.82) is 0 Å². The number of carbonyl (C=O) groups is 2. The zero-order valence-electron chi connectivity index (χ0n) is 14.9. The van der Waals surface area contributed by atoms with Gasteiger partial charge in [0.2, 0.25) is 0 Å². The van der Waals surface area contributed by atoms with Crippen LogP contribution in [-0.4, -0.2) is 22.8 Å². The first-order chi connectivity index (χ1) is 13.3. The quantitative estimate of drug-likeness (QED) is 0.413. The summed E-state index contributed by atoms with van der Waals surface area (Å²) >= 11 is 0. The van der Waals surface area contributed by atoms with E-state index in [9.17, 15) is 24.1 Å². The van der Waals surface area contributed by atoms with Crippen molar-refractivity contribution in [3.05, 3.63) is 63.5 Å². The summed E-state index contributed by atoms with van der Waals surface area (Å²) in [6, 6.07) is 7.83. The lowest BCUT2D eigenvalue weighted by Crippen LogP contribution is -2.32. The van der Waals surface area contributed by atoms with E-state index in [1.807, 2.05) is 0 Å². The molecule has 2 aromatic carbocycles. The molecule has 0 atom stereocenters. The summed E-state index contributed by atoms with van der Waals surface area (Å²) in [7, 11) is 0. The second kappa shape index (κ2) is 8.03. The maximum absolute atomic E-state index is 13.6. The number of hydrogen-bond acceptors (Lipinski definition) is 5. The van der Waals surface area contributed by atoms with E-state index in [0.29, 0.717) is 17.3 Å². The Labute approximate surface area is 160 Å². The van der Waals surface area contributed by atoms with Crippen LogP contribution < -0.4 is 16.4 Å². The van der Waals surface area contributed by atoms with Gasteiger partial charge in [0, 0.05) is 17.3 Å². The third-order valence-corrected chi connectivity index (χ3v) is 4.66. The van der Waals surface area contributed by atoms with Crippen molar-refractivity contribution < 1.29 is 18.9 Å². The zero-order chi connectivity index (χ0) is 20.3. The Balaban J connectivity index is 1.71. The Morgan fingerprint density at radius 2 is 1.75 bits per heavy atom. The third-order valence-electron chi connectivity index (χ3n) is 4.66. The van der Waals surface area contributed by atoms with Crippen LogP contribution in [0.5, 0.6) is 0 Å². The van der Waals surface area contributed by atoms with Crippen LogP contribution in [0, 0.1) is 15.9 Å². The summed E-state index contributed by atoms with van der Waals surface area (Å²) in [5.41, 5.74) is 4.98. The highest BCUT2D eigenvalue weighted by Crippen LogP contribution is 2.27. The topological polar surface area (TPSA) is 127 Å². The maximum Gasteiger partial charge on any atom is 0.295 e. The van der Waals surface area contributed by atoms with Gasteiger partial charge in [0.15, 0.2) is 0 Å². The molecule has 1 aliphatic rings. The first-order valence-electron chi connectivity index (χ1n) is 8.81. The first-order valence-corrected chi connectivity index (χ1v) is 8.81. The number of halogens is 1. The Bertz CT molecular complexity index is 924. The summed E-state index contributed by atoms with van der Waals surface area (Å²) in [5, 5.41) is 16.4. The molecule has 0 aromatic heterocycles. The number of nitro benzene ring substituents is 1. The Kier molecular flexibility index (Phi) is 5.53. The molecule has 3 rings (SSSR count). The largest absolute Gasteiger partial charge is 0.393 e. The van der Waals surface area contributed by atoms with Crippen LogP contribution in [0.15, 0.2) is 36.4 Å². The van der Waals surface area contributed by atoms with Gasteiger partial charge in [-0.05, 0) is 43.2 Å². The lowest BCUT2D eigenvalue weighted by molar-refractivity contribution is -0.384. The van der Waals surface area contributed by atoms with E-state index in [0.717, 1.165) is 31.7 Å². The lowest BCUT2D eigenvalue weighted by atomic mass is 10.1. The molecule has 0 spiro atoms. The van der Waals surface area contributed by atoms with Crippen LogP contribution in [0.3, 0.4) is 0 Å². The predicted molar refractivity (Wildman–Crippen MR) is 102 cm³/mol. The Morgan fingerprint density at radius 1 is 1.11 bits per heavy atom. The number of anilines is 2. The molecule has 1 aliphatic carbocycles. The zero-order valence-corrected chi connectivity index (χ0v) is 14.9. The van der Waals surface area contributed by atoms with Gasteiger partial charge in [0.1, 0.15) is 11.5 Å². The van der Waals surface area contributed by atoms with E-state index < -0.39 is 28.0 Å². The summed E-state index contributed by atoms with van der Waals surface area (Å²) < 4.78 is 13.6. The molecule has 0 bridgehead atoms. The van der Waals surface area contributed by atoms with Crippen molar-refractivity contribution in [1.82, 2.24) is 5.32 Å². The molecule has 1 saturated carbocycles. The van der Waals surface area contributed by atoms with E-state index >= 15 is 0 Å². The first kappa shape index (κ1) is 19.3. The molecule has 9 heteroatoms. The fourth-order valence-corrected chi connectivity index (χ4v) is 3.18. The summed E-state index contributed by atoms with van der Waals surface area (Å²) in [5.74, 6) is -1.91. The SMILES string of the molecule is Nc1c(C(=O)Nc2ccc(C(=O)NC3CCCC3)cc2)cc(F)cc1[N+](=O)[O-]. The minimum absolute atomic E-state index is 0.185. The van der Waals surface area contributed by atoms with Crippen LogP contribution >= 0.6 is 0 Å². The standard InChI is InChI=1S/C19H19FN4O4/c20-12-9-15(17(21)16(10-12)24(27)28)19(26)23-14-7-5-11(6-8-14)18(25)22-13-3-1-2-4-13/h5-10,13H,1-4,21H2,(H,22,25)(H,23,26). The molecule has 0 radical (unpaired) electrons. The maximum atomic E-state index is 13.6. The fraction of sp³-hybridized carbons (Fsp3) is 0.263. The van der Waals surface area contributed by atoms with E-state index in [-0.39, 0.29) is 17.5 Å². The number of nitrogens with zero attached hydrogens (tertiary/aromatic N) is 1. The number of nitrogens with one attached hydrogen (secondary N) is 2. The monoisotopic (exact) mass is 386 g/mol. The number of benzene rings is 2. The average Bonchev–Trinajstić information content (AvgIpc) is 3.16. The van der Waals surface area contributed by atoms with Crippen molar-refractivity contribution in [3.8, 4) is 0 Å². The number of carbonyl (C=O) groups excluding carboxylic acids is 2. The number of hydrogen-bond donors (Lipinski definition) is 3. The normalized spacial score (nSPS) is 13.9. The van der Waals surface area contributed by atoms with Crippen LogP contribution in [0.25, 0.3) is 0 Å². The second-order valence-electron chi connectivity index (χ2n) is 6.63. The fourth-order valence-electron chi connectivity index (χ4n) is 3.18. The van der Waals surface area contributed by atoms with Gasteiger partial charge in [-0.1, -0.05) is 12.8 Å². The smallest absolute Gasteiger partial charge is 0.295 e. The van der Waals surface area contributed by atoms with Crippen molar-refractivity contribution in [2.75, 3.05) is 11.1 Å². The predicted octanol–water partition coefficient (Wildman–Crippen LogP) is 3.24. The van der Waals surface area contributed by atoms with Crippen molar-refractivity contribution in [3.63, 3.8) is 0 Å². The van der Waals surface area contributed by atoms with Gasteiger partial charge in [0.05, 0.1) is 16.6 Å². The van der Waals surface area contributed by atoms with E-state index in [2.05, 4.69) is 10.6 Å². The minimum Gasteiger partial charge on any atom is -0.393 e. The van der Waals surface area contributed by atoms with Crippen molar-refractivity contribution in [2.45, 2.75) is 31.7 Å². The Morgan fingerprint density at radius 3 is 2.36 bits per heavy atom. The van der Waals surface area contributed by atoms with Crippen LogP contribution in [0.2, 0.25) is 0 Å². The molecular formula is C19H19FN4O4. The molecule has 146 valence electrons. The number of nitrogen functional groups attached to an aromatic ring is 1. The van der Waals surface area contributed by atoms with Gasteiger partial charge >= 0.3 is 0 Å². The molecule has 4 N–H and O–H groups in total. The van der Waals surface area contributed by atoms with E-state index in [1.54, 1.807) is 12.1 Å². The minimum atomic E-state index is -0.940. The average molecular weight is 386 g/mol. The molecule has 0 heterocycles. The third kappa shape index (κ3) is 4.25. The highest BCUT2D eigenvalue weighted by atomic mass is 19.1. The second-order valence-corrected chi connectivity index (χ2v) is 6.63. The van der Waals surface area contributed by atoms with Crippen LogP contribution in [0.4, 0.5) is 21.5 Å². The molecule has 0 unspecified atom stereocenters. The van der Waals surface area contributed by atoms with Gasteiger partial charge < -0.3 is 16.4 Å². The van der Waals surface area contributed by atoms with Gasteiger partial charge in [-0.3, -0.25) is 19.7 Å². The van der Waals surface area contributed by atoms with Gasteiger partial charge in [-0.2, -0.15) is 0 Å². The van der Waals surface area contributed by atoms with Crippen molar-refractivity contribution in [2.24, 2.45) is 0 Å². The number of nitrogens with two attached hydrogens (primary N) is 1. The molecule has 1 fully saturated rings. The Hall–Kier alpha value is -3.49. The highest BCUT2D eigenvalue weighted by molar-refractivity contribution is 6.09. The van der Waals surface area contributed by atoms with Gasteiger partial charge in [0.25, 0.3) is 17.5 Å². The van der Waals surface area contributed by atoms with Crippen LogP contribution in [0.1, 0.15) is 46.4 Å². The lowest BCUT2D eigenvalue weighted by Gasteiger charge is -2.12. The molecule has 2 aromatic rings. The van der Waals surface area contributed by atoms with Crippen molar-refractivity contribution >= 4 is 28.9 Å². The molecule has 8 nitrogen and oxygen atoms in total. The molecule has 28 heavy (non-hydrogen) atoms. The summed E-state index contributed by atoms with van der Waals surface area (Å²) in [4.78, 5) is 34.6. The number of amides is 2. The summed E-state index contributed by atoms with van der Waals surface area (Å²) in [6.45, 7) is 0. The highest BCUT2D eigenvalue weighted by Gasteiger charge is 2.22. The number of rotatable bonds is 5. The van der Waals surface area contributed by atoms with E-state index in [4.69, 9.17) is 5.73 Å². The van der Waals surface area contributed by atoms with Gasteiger partial charge in [-0.15, -0.1) is 0 Å². The molecule has 2 amide bonds. The molecule has 0 saturated heterocycles. The number of nitro groups is 1. The summed E-state index contributed by atoms with van der Waals surface area (Å²) in [6.07, 6.45) is 4.16. The molecule has 0 aliphatic heterocycles. The van der Waals surface area contributed by atoms with E-state index in [1.165, 1.54) is 12.1 Å². The molecular weight excluding hydrogens is 367 g/mol.